The van der Waals surface area contributed by atoms with Gasteiger partial charge in [0.05, 0.1) is 22.6 Å². The number of hydrogen-bond donors (Lipinski definition) is 1. The minimum Gasteiger partial charge on any atom is -0.320 e. The van der Waals surface area contributed by atoms with Crippen LogP contribution < -0.4 is 5.32 Å². The molecule has 0 spiro atoms. The Morgan fingerprint density at radius 3 is 2.35 bits per heavy atom. The van der Waals surface area contributed by atoms with Gasteiger partial charge in [-0.3, -0.25) is 4.79 Å². The summed E-state index contributed by atoms with van der Waals surface area (Å²) in [6.45, 7) is 0. The van der Waals surface area contributed by atoms with Crippen molar-refractivity contribution in [2.45, 2.75) is 0 Å². The van der Waals surface area contributed by atoms with E-state index in [1.165, 1.54) is 0 Å². The Hall–Kier alpha value is -3.31. The first-order valence-electron chi connectivity index (χ1n) is 8.07. The number of halogens is 1. The molecule has 128 valence electrons. The molecule has 0 saturated carbocycles. The third-order valence-corrected chi connectivity index (χ3v) is 4.29. The van der Waals surface area contributed by atoms with Crippen LogP contribution in [0.4, 0.5) is 5.69 Å². The average molecular weight is 363 g/mol. The minimum absolute atomic E-state index is 0.274. The number of nitrogens with zero attached hydrogens (tertiary/aromatic N) is 3. The predicted octanol–water partition coefficient (Wildman–Crippen LogP) is 4.57. The van der Waals surface area contributed by atoms with Crippen LogP contribution in [-0.4, -0.2) is 20.3 Å². The number of nitrogens with one attached hydrogen (secondary N) is 1. The van der Waals surface area contributed by atoms with Crippen LogP contribution in [0, 0.1) is 0 Å². The zero-order valence-corrected chi connectivity index (χ0v) is 14.5. The van der Waals surface area contributed by atoms with E-state index in [0.717, 1.165) is 5.69 Å². The quantitative estimate of drug-likeness (QED) is 0.578. The minimum atomic E-state index is -0.274. The first kappa shape index (κ1) is 16.2. The average Bonchev–Trinajstić information content (AvgIpc) is 3.33. The van der Waals surface area contributed by atoms with Crippen LogP contribution in [0.5, 0.6) is 0 Å². The van der Waals surface area contributed by atoms with Crippen LogP contribution >= 0.6 is 11.6 Å². The van der Waals surface area contributed by atoms with Crippen molar-refractivity contribution < 1.29 is 4.79 Å². The molecule has 0 unspecified atom stereocenters. The van der Waals surface area contributed by atoms with E-state index in [2.05, 4.69) is 10.4 Å². The molecule has 0 atom stereocenters. The van der Waals surface area contributed by atoms with Gasteiger partial charge in [-0.05, 0) is 36.4 Å². The highest BCUT2D eigenvalue weighted by atomic mass is 35.5. The first-order valence-corrected chi connectivity index (χ1v) is 8.44. The summed E-state index contributed by atoms with van der Waals surface area (Å²) in [5, 5.41) is 7.77. The maximum absolute atomic E-state index is 12.9. The van der Waals surface area contributed by atoms with Crippen molar-refractivity contribution in [3.8, 4) is 11.5 Å². The molecule has 26 heavy (non-hydrogen) atoms. The Balaban J connectivity index is 1.78. The van der Waals surface area contributed by atoms with Gasteiger partial charge in [-0.15, -0.1) is 0 Å². The first-order chi connectivity index (χ1) is 12.7. The maximum Gasteiger partial charge on any atom is 0.261 e. The summed E-state index contributed by atoms with van der Waals surface area (Å²) in [6, 6.07) is 20.6. The highest BCUT2D eigenvalue weighted by Crippen LogP contribution is 2.24. The monoisotopic (exact) mass is 362 g/mol. The number of benzene rings is 2. The van der Waals surface area contributed by atoms with Crippen LogP contribution in [0.3, 0.4) is 0 Å². The van der Waals surface area contributed by atoms with Gasteiger partial charge in [0.1, 0.15) is 5.56 Å². The van der Waals surface area contributed by atoms with E-state index < -0.39 is 0 Å². The molecule has 2 aromatic heterocycles. The van der Waals surface area contributed by atoms with Crippen LogP contribution in [0.2, 0.25) is 5.02 Å². The second-order valence-corrected chi connectivity index (χ2v) is 6.06. The van der Waals surface area contributed by atoms with Gasteiger partial charge in [0.15, 0.2) is 5.82 Å². The van der Waals surface area contributed by atoms with E-state index in [1.54, 1.807) is 23.0 Å². The molecule has 0 aliphatic rings. The fourth-order valence-corrected chi connectivity index (χ4v) is 2.92. The number of aromatic nitrogens is 3. The van der Waals surface area contributed by atoms with Gasteiger partial charge < -0.3 is 9.88 Å². The van der Waals surface area contributed by atoms with Gasteiger partial charge >= 0.3 is 0 Å². The molecule has 2 heterocycles. The van der Waals surface area contributed by atoms with Crippen molar-refractivity contribution in [3.63, 3.8) is 0 Å². The molecule has 4 rings (SSSR count). The van der Waals surface area contributed by atoms with E-state index in [9.17, 15) is 4.79 Å². The molecule has 4 aromatic rings. The molecule has 5 nitrogen and oxygen atoms in total. The summed E-state index contributed by atoms with van der Waals surface area (Å²) in [6.07, 6.45) is 5.32. The van der Waals surface area contributed by atoms with Crippen molar-refractivity contribution in [2.24, 2.45) is 0 Å². The molecule has 0 saturated heterocycles. The lowest BCUT2D eigenvalue weighted by Crippen LogP contribution is -2.15. The lowest BCUT2D eigenvalue weighted by molar-refractivity contribution is 0.102. The van der Waals surface area contributed by atoms with E-state index >= 15 is 0 Å². The fourth-order valence-electron chi connectivity index (χ4n) is 2.74. The number of para-hydroxylation sites is 2. The van der Waals surface area contributed by atoms with Gasteiger partial charge in [-0.2, -0.15) is 5.10 Å². The highest BCUT2D eigenvalue weighted by molar-refractivity contribution is 6.33. The van der Waals surface area contributed by atoms with Crippen LogP contribution in [0.15, 0.2) is 85.3 Å². The van der Waals surface area contributed by atoms with Crippen molar-refractivity contribution >= 4 is 23.2 Å². The predicted molar refractivity (Wildman–Crippen MR) is 102 cm³/mol. The lowest BCUT2D eigenvalue weighted by Gasteiger charge is -2.11. The largest absolute Gasteiger partial charge is 0.320 e. The Morgan fingerprint density at radius 2 is 1.62 bits per heavy atom. The smallest absolute Gasteiger partial charge is 0.261 e. The molecule has 1 amide bonds. The number of amides is 1. The SMILES string of the molecule is O=C(Nc1ccccc1Cl)c1cnn(-c2ccccc2)c1-n1cccc1. The van der Waals surface area contributed by atoms with Crippen molar-refractivity contribution in [3.05, 3.63) is 95.9 Å². The maximum atomic E-state index is 12.9. The number of rotatable bonds is 4. The van der Waals surface area contributed by atoms with Crippen LogP contribution in [0.1, 0.15) is 10.4 Å². The second kappa shape index (κ2) is 6.90. The molecular formula is C20H15ClN4O. The van der Waals surface area contributed by atoms with E-state index in [-0.39, 0.29) is 5.91 Å². The van der Waals surface area contributed by atoms with Gasteiger partial charge in [0, 0.05) is 12.4 Å². The molecule has 2 aromatic carbocycles. The number of carbonyl (C=O) groups is 1. The highest BCUT2D eigenvalue weighted by Gasteiger charge is 2.20. The fraction of sp³-hybridized carbons (Fsp3) is 0. The summed E-state index contributed by atoms with van der Waals surface area (Å²) in [7, 11) is 0. The Bertz CT molecular complexity index is 1040. The molecule has 0 radical (unpaired) electrons. The Morgan fingerprint density at radius 1 is 0.923 bits per heavy atom. The van der Waals surface area contributed by atoms with Crippen LogP contribution in [0.25, 0.3) is 11.5 Å². The van der Waals surface area contributed by atoms with Crippen molar-refractivity contribution in [1.29, 1.82) is 0 Å². The molecular weight excluding hydrogens is 348 g/mol. The molecule has 0 aliphatic heterocycles. The third-order valence-electron chi connectivity index (χ3n) is 3.96. The standard InChI is InChI=1S/C20H15ClN4O/c21-17-10-4-5-11-18(17)23-19(26)16-14-22-25(15-8-2-1-3-9-15)20(16)24-12-6-7-13-24/h1-14H,(H,23,26). The summed E-state index contributed by atoms with van der Waals surface area (Å²) < 4.78 is 3.60. The van der Waals surface area contributed by atoms with Crippen molar-refractivity contribution in [1.82, 2.24) is 14.3 Å². The van der Waals surface area contributed by atoms with E-state index in [0.29, 0.717) is 22.1 Å². The van der Waals surface area contributed by atoms with Crippen molar-refractivity contribution in [2.75, 3.05) is 5.32 Å². The number of carbonyl (C=O) groups excluding carboxylic acids is 1. The summed E-state index contributed by atoms with van der Waals surface area (Å²) in [4.78, 5) is 12.9. The van der Waals surface area contributed by atoms with Gasteiger partial charge in [0.2, 0.25) is 0 Å². The number of hydrogen-bond acceptors (Lipinski definition) is 2. The lowest BCUT2D eigenvalue weighted by atomic mass is 10.2. The third kappa shape index (κ3) is 3.00. The zero-order valence-electron chi connectivity index (χ0n) is 13.7. The zero-order chi connectivity index (χ0) is 17.9. The molecule has 1 N–H and O–H groups in total. The van der Waals surface area contributed by atoms with E-state index in [4.69, 9.17) is 11.6 Å². The Kier molecular flexibility index (Phi) is 4.29. The molecule has 0 aliphatic carbocycles. The summed E-state index contributed by atoms with van der Waals surface area (Å²) >= 11 is 6.16. The summed E-state index contributed by atoms with van der Waals surface area (Å²) in [5.74, 6) is 0.384. The van der Waals surface area contributed by atoms with Gasteiger partial charge in [-0.25, -0.2) is 4.68 Å². The Labute approximate surface area is 155 Å². The summed E-state index contributed by atoms with van der Waals surface area (Å²) in [5.41, 5.74) is 1.88. The molecule has 0 fully saturated rings. The molecule has 6 heteroatoms. The second-order valence-electron chi connectivity index (χ2n) is 5.65. The van der Waals surface area contributed by atoms with Crippen LogP contribution in [-0.2, 0) is 0 Å². The van der Waals surface area contributed by atoms with E-state index in [1.807, 2.05) is 71.6 Å². The topological polar surface area (TPSA) is 51.9 Å². The normalized spacial score (nSPS) is 10.7. The number of anilines is 1. The van der Waals surface area contributed by atoms with Gasteiger partial charge in [-0.1, -0.05) is 41.9 Å². The van der Waals surface area contributed by atoms with Gasteiger partial charge in [0.25, 0.3) is 5.91 Å². The molecule has 0 bridgehead atoms.